The predicted octanol–water partition coefficient (Wildman–Crippen LogP) is 4.93. The Morgan fingerprint density at radius 3 is 2.46 bits per heavy atom. The van der Waals surface area contributed by atoms with Crippen molar-refractivity contribution >= 4 is 23.4 Å². The fraction of sp³-hybridized carbons (Fsp3) is 0.632. The maximum absolute atomic E-state index is 12.2. The molecule has 2 aliphatic rings. The maximum Gasteiger partial charge on any atom is 0.410 e. The van der Waals surface area contributed by atoms with Gasteiger partial charge in [0.1, 0.15) is 5.60 Å². The molecule has 0 radical (unpaired) electrons. The average molecular weight is 351 g/mol. The van der Waals surface area contributed by atoms with Crippen molar-refractivity contribution in [1.82, 2.24) is 4.90 Å². The van der Waals surface area contributed by atoms with E-state index in [1.165, 1.54) is 0 Å². The van der Waals surface area contributed by atoms with Crippen LogP contribution in [0.15, 0.2) is 24.3 Å². The zero-order valence-corrected chi connectivity index (χ0v) is 15.5. The molecule has 2 fully saturated rings. The van der Waals surface area contributed by atoms with E-state index < -0.39 is 5.60 Å². The number of likely N-dealkylation sites (tertiary alicyclic amines) is 1. The summed E-state index contributed by atoms with van der Waals surface area (Å²) in [5.74, 6) is 0. The molecule has 0 atom stereocenters. The lowest BCUT2D eigenvalue weighted by molar-refractivity contribution is -0.00859. The van der Waals surface area contributed by atoms with Gasteiger partial charge in [0.2, 0.25) is 0 Å². The fourth-order valence-corrected chi connectivity index (χ4v) is 3.97. The second-order valence-corrected chi connectivity index (χ2v) is 8.60. The van der Waals surface area contributed by atoms with Gasteiger partial charge in [0.15, 0.2) is 0 Å². The Labute approximate surface area is 149 Å². The number of piperidine rings is 1. The van der Waals surface area contributed by atoms with Crippen LogP contribution in [-0.4, -0.2) is 35.7 Å². The highest BCUT2D eigenvalue weighted by Gasteiger charge is 2.46. The summed E-state index contributed by atoms with van der Waals surface area (Å²) in [6.45, 7) is 7.33. The quantitative estimate of drug-likeness (QED) is 0.822. The van der Waals surface area contributed by atoms with Crippen LogP contribution in [0.25, 0.3) is 0 Å². The van der Waals surface area contributed by atoms with E-state index in [1.54, 1.807) is 0 Å². The highest BCUT2D eigenvalue weighted by Crippen LogP contribution is 2.50. The molecule has 1 heterocycles. The summed E-state index contributed by atoms with van der Waals surface area (Å²) in [4.78, 5) is 14.0. The molecule has 3 rings (SSSR count). The van der Waals surface area contributed by atoms with Gasteiger partial charge in [-0.2, -0.15) is 0 Å². The number of rotatable bonds is 2. The summed E-state index contributed by atoms with van der Waals surface area (Å²) in [5.41, 5.74) is 0.981. The molecule has 1 saturated heterocycles. The second-order valence-electron chi connectivity index (χ2n) is 8.20. The molecule has 5 heteroatoms. The molecule has 24 heavy (non-hydrogen) atoms. The Morgan fingerprint density at radius 1 is 1.25 bits per heavy atom. The van der Waals surface area contributed by atoms with E-state index in [1.807, 2.05) is 49.9 Å². The van der Waals surface area contributed by atoms with Crippen molar-refractivity contribution in [1.29, 1.82) is 0 Å². The van der Waals surface area contributed by atoms with Crippen LogP contribution in [0.2, 0.25) is 5.02 Å². The lowest BCUT2D eigenvalue weighted by Crippen LogP contribution is -2.53. The third-order valence-corrected chi connectivity index (χ3v) is 5.40. The van der Waals surface area contributed by atoms with Gasteiger partial charge in [-0.25, -0.2) is 4.79 Å². The standard InChI is InChI=1S/C19H27ClN2O2/c1-18(2,3)24-17(23)22-10-8-19(9-11-22)12-14(13-19)21-16-7-5-4-6-15(16)20/h4-7,14,21H,8-13H2,1-3H3. The SMILES string of the molecule is CC(C)(C)OC(=O)N1CCC2(CC1)CC(Nc1ccccc1Cl)C2. The summed E-state index contributed by atoms with van der Waals surface area (Å²) >= 11 is 6.21. The Morgan fingerprint density at radius 2 is 1.88 bits per heavy atom. The number of benzene rings is 1. The van der Waals surface area contributed by atoms with E-state index in [9.17, 15) is 4.79 Å². The topological polar surface area (TPSA) is 41.6 Å². The van der Waals surface area contributed by atoms with Crippen molar-refractivity contribution in [3.05, 3.63) is 29.3 Å². The minimum absolute atomic E-state index is 0.178. The molecule has 0 aromatic heterocycles. The van der Waals surface area contributed by atoms with Crippen LogP contribution in [0.4, 0.5) is 10.5 Å². The first-order chi connectivity index (χ1) is 11.3. The van der Waals surface area contributed by atoms with Gasteiger partial charge in [0.25, 0.3) is 0 Å². The van der Waals surface area contributed by atoms with Crippen molar-refractivity contribution in [3.63, 3.8) is 0 Å². The van der Waals surface area contributed by atoms with Crippen LogP contribution < -0.4 is 5.32 Å². The van der Waals surface area contributed by atoms with Crippen molar-refractivity contribution in [2.24, 2.45) is 5.41 Å². The number of nitrogens with zero attached hydrogens (tertiary/aromatic N) is 1. The zero-order chi connectivity index (χ0) is 17.4. The number of anilines is 1. The monoisotopic (exact) mass is 350 g/mol. The van der Waals surface area contributed by atoms with E-state index in [0.717, 1.165) is 49.5 Å². The Balaban J connectivity index is 1.47. The van der Waals surface area contributed by atoms with Gasteiger partial charge in [-0.15, -0.1) is 0 Å². The lowest BCUT2D eigenvalue weighted by Gasteiger charge is -2.52. The van der Waals surface area contributed by atoms with Gasteiger partial charge < -0.3 is 15.0 Å². The van der Waals surface area contributed by atoms with E-state index >= 15 is 0 Å². The third kappa shape index (κ3) is 3.97. The van der Waals surface area contributed by atoms with Crippen LogP contribution in [-0.2, 0) is 4.74 Å². The maximum atomic E-state index is 12.2. The highest BCUT2D eigenvalue weighted by molar-refractivity contribution is 6.33. The van der Waals surface area contributed by atoms with E-state index in [4.69, 9.17) is 16.3 Å². The number of nitrogens with one attached hydrogen (secondary N) is 1. The average Bonchev–Trinajstić information content (AvgIpc) is 2.47. The molecule has 0 unspecified atom stereocenters. The van der Waals surface area contributed by atoms with Crippen LogP contribution in [0.3, 0.4) is 0 Å². The highest BCUT2D eigenvalue weighted by atomic mass is 35.5. The minimum atomic E-state index is -0.424. The first-order valence-electron chi connectivity index (χ1n) is 8.75. The Kier molecular flexibility index (Phi) is 4.69. The molecular formula is C19H27ClN2O2. The summed E-state index contributed by atoms with van der Waals surface area (Å²) < 4.78 is 5.47. The van der Waals surface area contributed by atoms with Crippen LogP contribution in [0.5, 0.6) is 0 Å². The zero-order valence-electron chi connectivity index (χ0n) is 14.8. The number of halogens is 1. The van der Waals surface area contributed by atoms with Crippen molar-refractivity contribution in [3.8, 4) is 0 Å². The van der Waals surface area contributed by atoms with Crippen LogP contribution in [0.1, 0.15) is 46.5 Å². The predicted molar refractivity (Wildman–Crippen MR) is 97.6 cm³/mol. The molecule has 4 nitrogen and oxygen atoms in total. The normalized spacial score (nSPS) is 20.6. The molecule has 1 amide bonds. The molecule has 1 N–H and O–H groups in total. The summed E-state index contributed by atoms with van der Waals surface area (Å²) in [7, 11) is 0. The van der Waals surface area contributed by atoms with Gasteiger partial charge in [-0.3, -0.25) is 0 Å². The molecule has 1 aromatic rings. The number of para-hydroxylation sites is 1. The summed E-state index contributed by atoms with van der Waals surface area (Å²) in [5, 5.41) is 4.32. The molecule has 1 aliphatic carbocycles. The molecule has 1 aromatic carbocycles. The molecule has 0 bridgehead atoms. The number of carbonyl (C=O) groups is 1. The number of amides is 1. The number of hydrogen-bond donors (Lipinski definition) is 1. The molecule has 1 saturated carbocycles. The second kappa shape index (κ2) is 6.47. The van der Waals surface area contributed by atoms with Gasteiger partial charge in [0, 0.05) is 19.1 Å². The van der Waals surface area contributed by atoms with E-state index in [0.29, 0.717) is 11.5 Å². The van der Waals surface area contributed by atoms with E-state index in [-0.39, 0.29) is 6.09 Å². The summed E-state index contributed by atoms with van der Waals surface area (Å²) in [6.07, 6.45) is 4.25. The first kappa shape index (κ1) is 17.4. The largest absolute Gasteiger partial charge is 0.444 e. The van der Waals surface area contributed by atoms with Gasteiger partial charge in [-0.05, 0) is 64.0 Å². The van der Waals surface area contributed by atoms with Gasteiger partial charge in [-0.1, -0.05) is 23.7 Å². The molecule has 1 spiro atoms. The Hall–Kier alpha value is -1.42. The molecular weight excluding hydrogens is 324 g/mol. The molecule has 1 aliphatic heterocycles. The Bertz CT molecular complexity index is 596. The van der Waals surface area contributed by atoms with Crippen molar-refractivity contribution < 1.29 is 9.53 Å². The van der Waals surface area contributed by atoms with Crippen LogP contribution >= 0.6 is 11.6 Å². The fourth-order valence-electron chi connectivity index (χ4n) is 3.78. The lowest BCUT2D eigenvalue weighted by atomic mass is 9.60. The van der Waals surface area contributed by atoms with Crippen molar-refractivity contribution in [2.45, 2.75) is 58.1 Å². The van der Waals surface area contributed by atoms with E-state index in [2.05, 4.69) is 5.32 Å². The van der Waals surface area contributed by atoms with Crippen LogP contribution in [0, 0.1) is 5.41 Å². The van der Waals surface area contributed by atoms with Gasteiger partial charge >= 0.3 is 6.09 Å². The smallest absolute Gasteiger partial charge is 0.410 e. The third-order valence-electron chi connectivity index (χ3n) is 5.07. The van der Waals surface area contributed by atoms with Crippen molar-refractivity contribution in [2.75, 3.05) is 18.4 Å². The number of hydrogen-bond acceptors (Lipinski definition) is 3. The number of carbonyl (C=O) groups excluding carboxylic acids is 1. The minimum Gasteiger partial charge on any atom is -0.444 e. The summed E-state index contributed by atoms with van der Waals surface area (Å²) in [6, 6.07) is 8.37. The number of ether oxygens (including phenoxy) is 1. The van der Waals surface area contributed by atoms with Gasteiger partial charge in [0.05, 0.1) is 10.7 Å². The molecule has 132 valence electrons. The first-order valence-corrected chi connectivity index (χ1v) is 9.13.